The van der Waals surface area contributed by atoms with Crippen LogP contribution >= 0.6 is 0 Å². The van der Waals surface area contributed by atoms with Gasteiger partial charge in [0, 0.05) is 49.0 Å². The van der Waals surface area contributed by atoms with Crippen LogP contribution in [0.15, 0.2) is 59.9 Å². The first-order valence-corrected chi connectivity index (χ1v) is 7.31. The summed E-state index contributed by atoms with van der Waals surface area (Å²) in [6, 6.07) is 8.38. The van der Waals surface area contributed by atoms with Gasteiger partial charge in [0.1, 0.15) is 0 Å². The van der Waals surface area contributed by atoms with Gasteiger partial charge in [-0.05, 0) is 24.3 Å². The van der Waals surface area contributed by atoms with Crippen LogP contribution in [-0.2, 0) is 7.05 Å². The Kier molecular flexibility index (Phi) is 4.42. The molecule has 0 spiro atoms. The fourth-order valence-electron chi connectivity index (χ4n) is 2.16. The molecule has 0 aromatic carbocycles. The van der Waals surface area contributed by atoms with Gasteiger partial charge < -0.3 is 5.32 Å². The Hall–Kier alpha value is -3.35. The Balaban J connectivity index is 1.84. The summed E-state index contributed by atoms with van der Waals surface area (Å²) < 4.78 is 1.36. The van der Waals surface area contributed by atoms with E-state index in [4.69, 9.17) is 0 Å². The number of carbonyl (C=O) groups is 1. The van der Waals surface area contributed by atoms with Gasteiger partial charge in [-0.15, -0.1) is 0 Å². The zero-order valence-corrected chi connectivity index (χ0v) is 13.0. The molecule has 0 aliphatic heterocycles. The fourth-order valence-corrected chi connectivity index (χ4v) is 2.16. The molecule has 7 heteroatoms. The average Bonchev–Trinajstić information content (AvgIpc) is 2.64. The number of carbonyl (C=O) groups excluding carboxylic acids is 1. The minimum absolute atomic E-state index is 0.0196. The van der Waals surface area contributed by atoms with E-state index in [1.165, 1.54) is 16.8 Å². The zero-order valence-electron chi connectivity index (χ0n) is 13.0. The van der Waals surface area contributed by atoms with Crippen molar-refractivity contribution in [2.75, 3.05) is 11.9 Å². The van der Waals surface area contributed by atoms with Crippen molar-refractivity contribution in [3.05, 3.63) is 71.0 Å². The third-order valence-corrected chi connectivity index (χ3v) is 3.50. The van der Waals surface area contributed by atoms with Gasteiger partial charge in [-0.1, -0.05) is 0 Å². The molecule has 0 bridgehead atoms. The molecule has 0 fully saturated rings. The van der Waals surface area contributed by atoms with Crippen molar-refractivity contribution >= 4 is 11.7 Å². The Morgan fingerprint density at radius 2 is 1.96 bits per heavy atom. The summed E-state index contributed by atoms with van der Waals surface area (Å²) >= 11 is 0. The molecule has 3 heterocycles. The minimum Gasteiger partial charge on any atom is -0.348 e. The highest BCUT2D eigenvalue weighted by Gasteiger charge is 2.10. The topological polar surface area (TPSA) is 89.8 Å². The van der Waals surface area contributed by atoms with Crippen LogP contribution in [0.4, 0.5) is 5.95 Å². The smallest absolute Gasteiger partial charge is 0.255 e. The summed E-state index contributed by atoms with van der Waals surface area (Å²) in [5, 5.41) is 2.92. The van der Waals surface area contributed by atoms with Gasteiger partial charge in [0.05, 0.1) is 12.2 Å². The first-order chi connectivity index (χ1) is 11.6. The number of hydrogen-bond donors (Lipinski definition) is 1. The van der Waals surface area contributed by atoms with Crippen LogP contribution in [0.5, 0.6) is 0 Å². The number of nitrogens with zero attached hydrogens (tertiary/aromatic N) is 4. The Bertz CT molecular complexity index is 907. The molecule has 0 amide bonds. The lowest BCUT2D eigenvalue weighted by atomic mass is 10.2. The second-order valence-corrected chi connectivity index (χ2v) is 5.12. The lowest BCUT2D eigenvalue weighted by Crippen LogP contribution is -2.24. The molecule has 0 unspecified atom stereocenters. The number of nitrogens with one attached hydrogen (secondary N) is 1. The lowest BCUT2D eigenvalue weighted by Gasteiger charge is -2.11. The van der Waals surface area contributed by atoms with Crippen LogP contribution in [0.2, 0.25) is 0 Å². The molecule has 0 aliphatic carbocycles. The van der Waals surface area contributed by atoms with E-state index < -0.39 is 0 Å². The highest BCUT2D eigenvalue weighted by Crippen LogP contribution is 2.15. The molecule has 0 saturated heterocycles. The van der Waals surface area contributed by atoms with Crippen LogP contribution in [-0.4, -0.2) is 31.8 Å². The molecule has 1 N–H and O–H groups in total. The molecule has 0 aliphatic rings. The zero-order chi connectivity index (χ0) is 16.9. The highest BCUT2D eigenvalue weighted by molar-refractivity contribution is 5.98. The van der Waals surface area contributed by atoms with E-state index in [1.54, 1.807) is 49.9 Å². The summed E-state index contributed by atoms with van der Waals surface area (Å²) in [4.78, 5) is 36.6. The van der Waals surface area contributed by atoms with Gasteiger partial charge in [-0.3, -0.25) is 24.1 Å². The molecular formula is C17H15N5O2. The molecular weight excluding hydrogens is 306 g/mol. The van der Waals surface area contributed by atoms with E-state index in [0.29, 0.717) is 17.2 Å². The number of aromatic nitrogens is 4. The van der Waals surface area contributed by atoms with Crippen molar-refractivity contribution < 1.29 is 4.79 Å². The predicted molar refractivity (Wildman–Crippen MR) is 89.8 cm³/mol. The number of rotatable bonds is 5. The van der Waals surface area contributed by atoms with Crippen LogP contribution in [0.25, 0.3) is 11.3 Å². The van der Waals surface area contributed by atoms with Gasteiger partial charge in [-0.2, -0.15) is 0 Å². The monoisotopic (exact) mass is 321 g/mol. The fraction of sp³-hybridized carbons (Fsp3) is 0.118. The van der Waals surface area contributed by atoms with Gasteiger partial charge in [0.25, 0.3) is 5.56 Å². The van der Waals surface area contributed by atoms with Crippen LogP contribution < -0.4 is 10.9 Å². The van der Waals surface area contributed by atoms with Gasteiger partial charge >= 0.3 is 0 Å². The predicted octanol–water partition coefficient (Wildman–Crippen LogP) is 1.53. The minimum atomic E-state index is -0.215. The molecule has 120 valence electrons. The van der Waals surface area contributed by atoms with Crippen LogP contribution in [0, 0.1) is 0 Å². The Morgan fingerprint density at radius 1 is 1.17 bits per heavy atom. The molecule has 0 radical (unpaired) electrons. The van der Waals surface area contributed by atoms with Crippen LogP contribution in [0.1, 0.15) is 10.4 Å². The first-order valence-electron chi connectivity index (χ1n) is 7.31. The van der Waals surface area contributed by atoms with Gasteiger partial charge in [0.2, 0.25) is 5.95 Å². The van der Waals surface area contributed by atoms with Gasteiger partial charge in [0.15, 0.2) is 5.78 Å². The normalized spacial score (nSPS) is 10.4. The van der Waals surface area contributed by atoms with E-state index in [9.17, 15) is 9.59 Å². The summed E-state index contributed by atoms with van der Waals surface area (Å²) in [5.41, 5.74) is 1.59. The second kappa shape index (κ2) is 6.82. The molecule has 3 rings (SSSR count). The van der Waals surface area contributed by atoms with Crippen molar-refractivity contribution in [3.8, 4) is 11.3 Å². The van der Waals surface area contributed by atoms with Gasteiger partial charge in [-0.25, -0.2) is 4.98 Å². The Morgan fingerprint density at radius 3 is 2.67 bits per heavy atom. The SMILES string of the molecule is Cn1c(NCC(=O)c2cccnc2)nc(-c2ccncc2)cc1=O. The third-order valence-electron chi connectivity index (χ3n) is 3.50. The molecule has 0 saturated carbocycles. The lowest BCUT2D eigenvalue weighted by molar-refractivity contribution is 0.101. The van der Waals surface area contributed by atoms with Crippen molar-refractivity contribution in [2.45, 2.75) is 0 Å². The quantitative estimate of drug-likeness (QED) is 0.717. The molecule has 24 heavy (non-hydrogen) atoms. The van der Waals surface area contributed by atoms with Crippen molar-refractivity contribution in [1.29, 1.82) is 0 Å². The second-order valence-electron chi connectivity index (χ2n) is 5.12. The molecule has 0 atom stereocenters. The summed E-state index contributed by atoms with van der Waals surface area (Å²) in [6.45, 7) is 0.0196. The summed E-state index contributed by atoms with van der Waals surface area (Å²) in [6.07, 6.45) is 6.37. The van der Waals surface area contributed by atoms with Crippen molar-refractivity contribution in [2.24, 2.45) is 7.05 Å². The first kappa shape index (κ1) is 15.5. The largest absolute Gasteiger partial charge is 0.348 e. The highest BCUT2D eigenvalue weighted by atomic mass is 16.1. The molecule has 3 aromatic rings. The maximum absolute atomic E-state index is 12.1. The number of ketones is 1. The van der Waals surface area contributed by atoms with E-state index in [0.717, 1.165) is 5.56 Å². The number of anilines is 1. The average molecular weight is 321 g/mol. The van der Waals surface area contributed by atoms with E-state index in [2.05, 4.69) is 20.3 Å². The van der Waals surface area contributed by atoms with E-state index >= 15 is 0 Å². The van der Waals surface area contributed by atoms with Crippen molar-refractivity contribution in [3.63, 3.8) is 0 Å². The standard InChI is InChI=1S/C17H15N5O2/c1-22-16(24)9-14(12-4-7-18-8-5-12)21-17(22)20-11-15(23)13-3-2-6-19-10-13/h2-10H,11H2,1H3,(H,20,21). The van der Waals surface area contributed by atoms with E-state index in [1.807, 2.05) is 0 Å². The molecule has 7 nitrogen and oxygen atoms in total. The summed E-state index contributed by atoms with van der Waals surface area (Å²) in [7, 11) is 1.60. The third kappa shape index (κ3) is 3.35. The summed E-state index contributed by atoms with van der Waals surface area (Å²) in [5.74, 6) is 0.193. The number of pyridine rings is 2. The number of hydrogen-bond acceptors (Lipinski definition) is 6. The van der Waals surface area contributed by atoms with Crippen LogP contribution in [0.3, 0.4) is 0 Å². The maximum Gasteiger partial charge on any atom is 0.255 e. The molecule has 3 aromatic heterocycles. The van der Waals surface area contributed by atoms with E-state index in [-0.39, 0.29) is 17.9 Å². The number of Topliss-reactive ketones (excluding diaryl/α,β-unsaturated/α-hetero) is 1. The Labute approximate surface area is 138 Å². The maximum atomic E-state index is 12.1. The van der Waals surface area contributed by atoms with Crippen molar-refractivity contribution in [1.82, 2.24) is 19.5 Å².